The van der Waals surface area contributed by atoms with Gasteiger partial charge in [0.25, 0.3) is 0 Å². The molecule has 1 aromatic carbocycles. The van der Waals surface area contributed by atoms with Crippen LogP contribution in [0.1, 0.15) is 152 Å². The number of carbonyl (C=O) groups is 4. The quantitative estimate of drug-likeness (QED) is 0.212. The van der Waals surface area contributed by atoms with Crippen molar-refractivity contribution in [2.24, 2.45) is 0 Å². The lowest BCUT2D eigenvalue weighted by Crippen LogP contribution is -2.46. The minimum Gasteiger partial charge on any atom is -0.453 e. The Balaban J connectivity index is 0.926. The zero-order chi connectivity index (χ0) is 61.4. The number of hydrogen-bond acceptors (Lipinski definition) is 28. The maximum atomic E-state index is 15.6. The number of hydrogen-bond donors (Lipinski definition) is 0. The predicted molar refractivity (Wildman–Crippen MR) is 278 cm³/mol. The van der Waals surface area contributed by atoms with Gasteiger partial charge < -0.3 is 114 Å². The fraction of sp³-hybridized carbons (Fsp3) is 0.828. The van der Waals surface area contributed by atoms with Crippen molar-refractivity contribution < 1.29 is 133 Å². The van der Waals surface area contributed by atoms with Gasteiger partial charge in [-0.1, -0.05) is 0 Å². The molecule has 86 heavy (non-hydrogen) atoms. The topological polar surface area (TPSA) is 290 Å². The Morgan fingerprint density at radius 1 is 0.291 bits per heavy atom. The maximum absolute atomic E-state index is 15.6. The monoisotopic (exact) mass is 1220 g/mol. The van der Waals surface area contributed by atoms with E-state index in [0.29, 0.717) is 0 Å². The summed E-state index contributed by atoms with van der Waals surface area (Å²) in [5.74, 6) is -13.9. The summed E-state index contributed by atoms with van der Waals surface area (Å²) in [4.78, 5) is 62.6. The molecule has 0 bridgehead atoms. The number of ether oxygens (including phenoxy) is 24. The lowest BCUT2D eigenvalue weighted by Gasteiger charge is -2.30. The Morgan fingerprint density at radius 3 is 0.663 bits per heavy atom. The van der Waals surface area contributed by atoms with Crippen LogP contribution in [0, 0.1) is 0 Å². The zero-order valence-electron chi connectivity index (χ0n) is 51.0. The third kappa shape index (κ3) is 11.6. The second-order valence-corrected chi connectivity index (χ2v) is 27.2. The molecule has 28 heteroatoms. The van der Waals surface area contributed by atoms with E-state index in [1.807, 2.05) is 0 Å². The lowest BCUT2D eigenvalue weighted by atomic mass is 9.96. The normalized spacial score (nSPS) is 43.6. The molecule has 12 heterocycles. The van der Waals surface area contributed by atoms with Gasteiger partial charge in [0.05, 0.1) is 48.7 Å². The lowest BCUT2D eigenvalue weighted by molar-refractivity contribution is -0.232. The Labute approximate surface area is 496 Å². The summed E-state index contributed by atoms with van der Waals surface area (Å²) in [7, 11) is 0. The van der Waals surface area contributed by atoms with E-state index >= 15 is 19.2 Å². The number of carbonyl (C=O) groups excluding carboxylic acids is 4. The summed E-state index contributed by atoms with van der Waals surface area (Å²) in [6, 6.07) is 1.98. The van der Waals surface area contributed by atoms with Crippen LogP contribution in [0.4, 0.5) is 0 Å². The highest BCUT2D eigenvalue weighted by molar-refractivity contribution is 6.10. The highest BCUT2D eigenvalue weighted by Gasteiger charge is 2.65. The predicted octanol–water partition coefficient (Wildman–Crippen LogP) is 3.90. The Kier molecular flexibility index (Phi) is 14.9. The molecule has 12 saturated heterocycles. The molecule has 0 amide bonds. The van der Waals surface area contributed by atoms with Crippen molar-refractivity contribution in [3.8, 4) is 0 Å². The van der Waals surface area contributed by atoms with Crippen molar-refractivity contribution >= 4 is 23.9 Å². The first-order valence-corrected chi connectivity index (χ1v) is 29.3. The molecule has 12 fully saturated rings. The van der Waals surface area contributed by atoms with Crippen molar-refractivity contribution in [3.05, 3.63) is 34.4 Å². The number of fused-ring (bicyclic) bond motifs is 4. The highest BCUT2D eigenvalue weighted by atomic mass is 16.9. The van der Waals surface area contributed by atoms with Gasteiger partial charge in [-0.25, -0.2) is 19.2 Å². The fourth-order valence-corrected chi connectivity index (χ4v) is 13.3. The average molecular weight is 1220 g/mol. The maximum Gasteiger partial charge on any atom is 0.339 e. The van der Waals surface area contributed by atoms with Crippen molar-refractivity contribution in [1.82, 2.24) is 0 Å². The average Bonchev–Trinajstić information content (AvgIpc) is 1.85. The van der Waals surface area contributed by atoms with Crippen LogP contribution in [-0.4, -0.2) is 219 Å². The van der Waals surface area contributed by atoms with Crippen LogP contribution in [0.2, 0.25) is 0 Å². The van der Waals surface area contributed by atoms with E-state index in [-0.39, 0.29) is 26.4 Å². The Bertz CT molecular complexity index is 2480. The third-order valence-electron chi connectivity index (χ3n) is 16.7. The van der Waals surface area contributed by atoms with E-state index < -0.39 is 215 Å². The molecule has 0 radical (unpaired) electrons. The highest BCUT2D eigenvalue weighted by Crippen LogP contribution is 2.48. The molecule has 1 aromatic rings. The first kappa shape index (κ1) is 61.2. The third-order valence-corrected chi connectivity index (χ3v) is 16.7. The standard InChI is InChI=1S/C58H78O28/c1-51(2)63-19-27(75-51)31-35(39-47(71-31)83-55(9,10)79-39)67-43(59)23-17-25(45(61)69-37-33(29-21-65-53(5,6)77-29)73-49-41(37)81-57(13,14)85-49)26(46(62)70-38-34(30-22-66-54(7,8)78-30)74-50-42(38)82-58(15,16)86-50)18-24(23)44(60)68-36-32(28-20-64-52(3,4)76-28)72-48-40(36)80-56(11,12)84-48/h17-18,27-42,47-50H,19-22H2,1-16H3/t27?,28?,29?,30?,31-,32-,33-,34-,35+,36+,37+,38+,39-,40-,41-,42-,47-,48-,49-,50-/m1/s1. The van der Waals surface area contributed by atoms with Gasteiger partial charge in [0.1, 0.15) is 48.8 Å². The molecule has 12 aliphatic rings. The van der Waals surface area contributed by atoms with Crippen LogP contribution in [0.25, 0.3) is 0 Å². The second-order valence-electron chi connectivity index (χ2n) is 27.2. The molecule has 0 aromatic heterocycles. The molecule has 13 rings (SSSR count). The van der Waals surface area contributed by atoms with Crippen LogP contribution in [0.15, 0.2) is 12.1 Å². The fourth-order valence-electron chi connectivity index (χ4n) is 13.3. The number of benzene rings is 1. The Hall–Kier alpha value is -3.70. The van der Waals surface area contributed by atoms with Gasteiger partial charge in [-0.05, 0) is 123 Å². The summed E-state index contributed by atoms with van der Waals surface area (Å²) in [5, 5.41) is 0. The van der Waals surface area contributed by atoms with Gasteiger partial charge in [-0.15, -0.1) is 0 Å². The van der Waals surface area contributed by atoms with E-state index in [0.717, 1.165) is 12.1 Å². The van der Waals surface area contributed by atoms with Gasteiger partial charge in [0.2, 0.25) is 0 Å². The van der Waals surface area contributed by atoms with Gasteiger partial charge >= 0.3 is 23.9 Å². The molecule has 0 saturated carbocycles. The first-order chi connectivity index (χ1) is 40.0. The van der Waals surface area contributed by atoms with Crippen LogP contribution in [-0.2, 0) is 114 Å². The molecule has 0 aliphatic carbocycles. The molecular formula is C58H78O28. The van der Waals surface area contributed by atoms with Crippen LogP contribution in [0.5, 0.6) is 0 Å². The van der Waals surface area contributed by atoms with E-state index in [1.54, 1.807) is 111 Å². The van der Waals surface area contributed by atoms with E-state index in [9.17, 15) is 0 Å². The van der Waals surface area contributed by atoms with Crippen molar-refractivity contribution in [1.29, 1.82) is 0 Å². The molecule has 12 aliphatic heterocycles. The van der Waals surface area contributed by atoms with Crippen molar-refractivity contribution in [2.45, 2.75) is 280 Å². The molecule has 478 valence electrons. The molecule has 28 nitrogen and oxygen atoms in total. The van der Waals surface area contributed by atoms with Crippen molar-refractivity contribution in [2.75, 3.05) is 26.4 Å². The number of rotatable bonds is 12. The van der Waals surface area contributed by atoms with E-state index in [4.69, 9.17) is 114 Å². The minimum atomic E-state index is -1.31. The van der Waals surface area contributed by atoms with E-state index in [2.05, 4.69) is 0 Å². The zero-order valence-corrected chi connectivity index (χ0v) is 51.0. The van der Waals surface area contributed by atoms with Crippen molar-refractivity contribution in [3.63, 3.8) is 0 Å². The molecule has 0 N–H and O–H groups in total. The van der Waals surface area contributed by atoms with Gasteiger partial charge in [0.15, 0.2) is 120 Å². The van der Waals surface area contributed by atoms with Gasteiger partial charge in [0, 0.05) is 0 Å². The summed E-state index contributed by atoms with van der Waals surface area (Å²) in [6.45, 7) is 27.2. The van der Waals surface area contributed by atoms with Crippen LogP contribution < -0.4 is 0 Å². The first-order valence-electron chi connectivity index (χ1n) is 29.3. The van der Waals surface area contributed by atoms with Crippen LogP contribution in [0.3, 0.4) is 0 Å². The molecule has 0 spiro atoms. The number of esters is 4. The minimum absolute atomic E-state index is 0.0250. The molecular weight excluding hydrogens is 1140 g/mol. The molecule has 4 unspecified atom stereocenters. The van der Waals surface area contributed by atoms with Gasteiger partial charge in [-0.3, -0.25) is 0 Å². The SMILES string of the molecule is CC1(C)OCC([C@H]2O[C@@H]3OC(C)(C)O[C@@H]3[C@H]2OC(=O)c2cc(C(=O)O[C@@H]3[C@H]4OC(C)(C)O[C@H]4O[C@@H]3C3COC(C)(C)O3)c(C(=O)O[C@@H]3[C@H]4OC(C)(C)O[C@H]4O[C@@H]3C3COC(C)(C)O3)cc2C(=O)O[C@@H]2[C@H]3OC(C)(C)O[C@H]3O[C@@H]2C2COC(C)(C)O2)O1. The Morgan fingerprint density at radius 2 is 0.488 bits per heavy atom. The van der Waals surface area contributed by atoms with Gasteiger partial charge in [-0.2, -0.15) is 0 Å². The largest absolute Gasteiger partial charge is 0.453 e. The summed E-state index contributed by atoms with van der Waals surface area (Å²) in [5.41, 5.74) is -2.38. The summed E-state index contributed by atoms with van der Waals surface area (Å²) < 4.78 is 150. The summed E-state index contributed by atoms with van der Waals surface area (Å²) >= 11 is 0. The summed E-state index contributed by atoms with van der Waals surface area (Å²) in [6.07, 6.45) is -21.2. The molecule has 20 atom stereocenters. The van der Waals surface area contributed by atoms with E-state index in [1.165, 1.54) is 0 Å². The second kappa shape index (κ2) is 20.9. The smallest absolute Gasteiger partial charge is 0.339 e. The van der Waals surface area contributed by atoms with Crippen LogP contribution >= 0.6 is 0 Å².